The summed E-state index contributed by atoms with van der Waals surface area (Å²) in [4.78, 5) is 0. The molecule has 0 heterocycles. The average Bonchev–Trinajstić information content (AvgIpc) is 2.23. The van der Waals surface area contributed by atoms with Gasteiger partial charge in [0.15, 0.2) is 0 Å². The van der Waals surface area contributed by atoms with Crippen LogP contribution in [-0.4, -0.2) is 6.54 Å². The summed E-state index contributed by atoms with van der Waals surface area (Å²) in [7, 11) is 0. The molecule has 0 saturated heterocycles. The lowest BCUT2D eigenvalue weighted by atomic mass is 9.47. The van der Waals surface area contributed by atoms with Crippen molar-refractivity contribution in [1.29, 1.82) is 0 Å². The van der Waals surface area contributed by atoms with Gasteiger partial charge in [0, 0.05) is 0 Å². The summed E-state index contributed by atoms with van der Waals surface area (Å²) in [6.07, 6.45) is 12.4. The Labute approximate surface area is 106 Å². The zero-order valence-electron chi connectivity index (χ0n) is 11.0. The summed E-state index contributed by atoms with van der Waals surface area (Å²) >= 11 is 0. The second kappa shape index (κ2) is 3.98. The molecule has 0 aromatic heterocycles. The highest BCUT2D eigenvalue weighted by Gasteiger charge is 2.52. The Bertz CT molecular complexity index is 264. The molecule has 0 atom stereocenters. The molecular weight excluding hydrogens is 206 g/mol. The smallest absolute Gasteiger partial charge is 0.00746 e. The zero-order chi connectivity index (χ0) is 11.4. The average molecular weight is 233 g/mol. The first-order valence-electron chi connectivity index (χ1n) is 8.03. The summed E-state index contributed by atoms with van der Waals surface area (Å²) in [5, 5.41) is 0. The highest BCUT2D eigenvalue weighted by molar-refractivity contribution is 5.02. The third kappa shape index (κ3) is 1.69. The maximum atomic E-state index is 5.68. The summed E-state index contributed by atoms with van der Waals surface area (Å²) in [6.45, 7) is 0.916. The molecule has 0 amide bonds. The third-order valence-corrected chi connectivity index (χ3v) is 6.69. The minimum Gasteiger partial charge on any atom is -0.330 e. The van der Waals surface area contributed by atoms with E-state index in [2.05, 4.69) is 0 Å². The van der Waals surface area contributed by atoms with Crippen LogP contribution in [0.1, 0.15) is 51.4 Å². The van der Waals surface area contributed by atoms with E-state index in [-0.39, 0.29) is 0 Å². The molecular formula is C16H27N. The second-order valence-corrected chi connectivity index (χ2v) is 7.68. The van der Waals surface area contributed by atoms with Crippen LogP contribution in [0, 0.1) is 41.4 Å². The molecule has 2 N–H and O–H groups in total. The molecule has 5 saturated carbocycles. The zero-order valence-corrected chi connectivity index (χ0v) is 11.0. The summed E-state index contributed by atoms with van der Waals surface area (Å²) in [5.41, 5.74) is 5.68. The van der Waals surface area contributed by atoms with E-state index in [4.69, 9.17) is 5.73 Å². The van der Waals surface area contributed by atoms with Crippen LogP contribution in [0.4, 0.5) is 0 Å². The first-order chi connectivity index (χ1) is 8.33. The van der Waals surface area contributed by atoms with E-state index in [0.29, 0.717) is 0 Å². The van der Waals surface area contributed by atoms with E-state index < -0.39 is 0 Å². The highest BCUT2D eigenvalue weighted by Crippen LogP contribution is 2.61. The Morgan fingerprint density at radius 3 is 1.76 bits per heavy atom. The van der Waals surface area contributed by atoms with Crippen molar-refractivity contribution in [3.8, 4) is 0 Å². The van der Waals surface area contributed by atoms with Crippen molar-refractivity contribution in [2.45, 2.75) is 51.4 Å². The van der Waals surface area contributed by atoms with E-state index in [1.165, 1.54) is 19.3 Å². The van der Waals surface area contributed by atoms with Gasteiger partial charge in [0.25, 0.3) is 0 Å². The van der Waals surface area contributed by atoms with E-state index in [1.54, 1.807) is 32.1 Å². The normalized spacial score (nSPS) is 55.9. The lowest BCUT2D eigenvalue weighted by Gasteiger charge is -2.59. The number of nitrogens with two attached hydrogens (primary N) is 1. The number of rotatable bonds is 3. The van der Waals surface area contributed by atoms with Crippen molar-refractivity contribution >= 4 is 0 Å². The Kier molecular flexibility index (Phi) is 2.54. The lowest BCUT2D eigenvalue weighted by Crippen LogP contribution is -2.50. The first-order valence-corrected chi connectivity index (χ1v) is 8.03. The third-order valence-electron chi connectivity index (χ3n) is 6.69. The van der Waals surface area contributed by atoms with E-state index in [9.17, 15) is 0 Å². The number of hydrogen-bond acceptors (Lipinski definition) is 1. The predicted octanol–water partition coefficient (Wildman–Crippen LogP) is 3.43. The molecule has 0 aromatic rings. The van der Waals surface area contributed by atoms with Crippen molar-refractivity contribution in [2.24, 2.45) is 47.2 Å². The van der Waals surface area contributed by atoms with Gasteiger partial charge in [-0.15, -0.1) is 0 Å². The SMILES string of the molecule is NCCC1CC(C2C3CC4CC(C3)CC2C4)C1. The van der Waals surface area contributed by atoms with Crippen molar-refractivity contribution in [3.05, 3.63) is 0 Å². The molecule has 0 radical (unpaired) electrons. The fourth-order valence-corrected chi connectivity index (χ4v) is 6.31. The molecule has 5 aliphatic rings. The molecule has 1 nitrogen and oxygen atoms in total. The van der Waals surface area contributed by atoms with E-state index in [1.807, 2.05) is 0 Å². The van der Waals surface area contributed by atoms with Gasteiger partial charge in [-0.05, 0) is 99.3 Å². The molecule has 5 aliphatic carbocycles. The monoisotopic (exact) mass is 233 g/mol. The van der Waals surface area contributed by atoms with Gasteiger partial charge >= 0.3 is 0 Å². The predicted molar refractivity (Wildman–Crippen MR) is 70.4 cm³/mol. The Balaban J connectivity index is 1.42. The van der Waals surface area contributed by atoms with Crippen molar-refractivity contribution < 1.29 is 0 Å². The van der Waals surface area contributed by atoms with Crippen LogP contribution in [0.25, 0.3) is 0 Å². The minimum absolute atomic E-state index is 0.916. The van der Waals surface area contributed by atoms with Gasteiger partial charge < -0.3 is 5.73 Å². The molecule has 0 aliphatic heterocycles. The van der Waals surface area contributed by atoms with Crippen molar-refractivity contribution in [3.63, 3.8) is 0 Å². The van der Waals surface area contributed by atoms with Crippen LogP contribution < -0.4 is 5.73 Å². The van der Waals surface area contributed by atoms with Gasteiger partial charge in [-0.3, -0.25) is 0 Å². The molecule has 0 unspecified atom stereocenters. The molecule has 96 valence electrons. The fraction of sp³-hybridized carbons (Fsp3) is 1.00. The quantitative estimate of drug-likeness (QED) is 0.794. The fourth-order valence-electron chi connectivity index (χ4n) is 6.31. The van der Waals surface area contributed by atoms with Crippen LogP contribution in [-0.2, 0) is 0 Å². The van der Waals surface area contributed by atoms with Crippen molar-refractivity contribution in [1.82, 2.24) is 0 Å². The standard InChI is InChI=1S/C16H27N/c17-2-1-10-4-13(5-10)16-14-6-11-3-12(8-14)9-15(16)7-11/h10-16H,1-9,17H2. The van der Waals surface area contributed by atoms with E-state index in [0.717, 1.165) is 48.0 Å². The van der Waals surface area contributed by atoms with Crippen LogP contribution in [0.5, 0.6) is 0 Å². The van der Waals surface area contributed by atoms with Gasteiger partial charge in [-0.2, -0.15) is 0 Å². The van der Waals surface area contributed by atoms with Crippen LogP contribution >= 0.6 is 0 Å². The molecule has 17 heavy (non-hydrogen) atoms. The van der Waals surface area contributed by atoms with Gasteiger partial charge in [-0.25, -0.2) is 0 Å². The Morgan fingerprint density at radius 1 is 0.706 bits per heavy atom. The van der Waals surface area contributed by atoms with Crippen molar-refractivity contribution in [2.75, 3.05) is 6.54 Å². The molecule has 0 spiro atoms. The van der Waals surface area contributed by atoms with Gasteiger partial charge in [0.05, 0.1) is 0 Å². The second-order valence-electron chi connectivity index (χ2n) is 7.68. The number of hydrogen-bond donors (Lipinski definition) is 1. The molecule has 5 fully saturated rings. The lowest BCUT2D eigenvalue weighted by molar-refractivity contribution is -0.0881. The van der Waals surface area contributed by atoms with Gasteiger partial charge in [0.1, 0.15) is 0 Å². The Hall–Kier alpha value is -0.0400. The molecule has 4 bridgehead atoms. The molecule has 1 heteroatoms. The topological polar surface area (TPSA) is 26.0 Å². The Morgan fingerprint density at radius 2 is 1.24 bits per heavy atom. The maximum absolute atomic E-state index is 5.68. The van der Waals surface area contributed by atoms with Crippen LogP contribution in [0.2, 0.25) is 0 Å². The van der Waals surface area contributed by atoms with Gasteiger partial charge in [-0.1, -0.05) is 0 Å². The largest absolute Gasteiger partial charge is 0.330 e. The van der Waals surface area contributed by atoms with Gasteiger partial charge in [0.2, 0.25) is 0 Å². The molecule has 0 aromatic carbocycles. The van der Waals surface area contributed by atoms with Crippen LogP contribution in [0.15, 0.2) is 0 Å². The summed E-state index contributed by atoms with van der Waals surface area (Å²) in [5.74, 6) is 7.85. The van der Waals surface area contributed by atoms with Crippen LogP contribution in [0.3, 0.4) is 0 Å². The summed E-state index contributed by atoms with van der Waals surface area (Å²) < 4.78 is 0. The maximum Gasteiger partial charge on any atom is -0.00746 e. The minimum atomic E-state index is 0.916. The first kappa shape index (κ1) is 10.8. The molecule has 5 rings (SSSR count). The van der Waals surface area contributed by atoms with E-state index >= 15 is 0 Å². The summed E-state index contributed by atoms with van der Waals surface area (Å²) in [6, 6.07) is 0. The highest BCUT2D eigenvalue weighted by atomic mass is 14.6.